The molecule has 9 heteroatoms. The second kappa shape index (κ2) is 13.4. The second-order valence-corrected chi connectivity index (χ2v) is 8.79. The highest BCUT2D eigenvalue weighted by Gasteiger charge is 2.24. The zero-order valence-corrected chi connectivity index (χ0v) is 21.3. The minimum atomic E-state index is -1.02. The number of hydrogen-bond acceptors (Lipinski definition) is 5. The van der Waals surface area contributed by atoms with Gasteiger partial charge in [0, 0.05) is 24.7 Å². The maximum Gasteiger partial charge on any atom is 0.251 e. The number of aliphatic hydroxyl groups is 1. The van der Waals surface area contributed by atoms with E-state index in [4.69, 9.17) is 9.47 Å². The van der Waals surface area contributed by atoms with Crippen molar-refractivity contribution in [3.05, 3.63) is 94.6 Å². The van der Waals surface area contributed by atoms with Crippen molar-refractivity contribution >= 4 is 18.3 Å². The van der Waals surface area contributed by atoms with E-state index in [0.717, 1.165) is 18.1 Å². The molecule has 0 unspecified atom stereocenters. The molecule has 1 aliphatic rings. The molecule has 3 N–H and O–H groups in total. The first-order valence-corrected chi connectivity index (χ1v) is 12.0. The zero-order chi connectivity index (χ0) is 25.5. The fourth-order valence-electron chi connectivity index (χ4n) is 4.17. The quantitative estimate of drug-likeness (QED) is 0.364. The number of benzene rings is 3. The number of carbonyl (C=O) groups is 1. The monoisotopic (exact) mass is 532 g/mol. The number of nitrogens with one attached hydrogen (secondary N) is 2. The molecule has 0 spiro atoms. The van der Waals surface area contributed by atoms with Crippen LogP contribution in [-0.2, 0) is 19.4 Å². The predicted molar refractivity (Wildman–Crippen MR) is 140 cm³/mol. The highest BCUT2D eigenvalue weighted by atomic mass is 35.5. The van der Waals surface area contributed by atoms with Crippen LogP contribution in [0.5, 0.6) is 11.5 Å². The van der Waals surface area contributed by atoms with Gasteiger partial charge in [-0.3, -0.25) is 4.79 Å². The summed E-state index contributed by atoms with van der Waals surface area (Å²) in [6.45, 7) is 3.60. The zero-order valence-electron chi connectivity index (χ0n) is 20.5. The summed E-state index contributed by atoms with van der Waals surface area (Å²) in [6, 6.07) is 15.3. The van der Waals surface area contributed by atoms with Crippen molar-refractivity contribution in [2.45, 2.75) is 38.5 Å². The van der Waals surface area contributed by atoms with Crippen LogP contribution in [-0.4, -0.2) is 42.9 Å². The van der Waals surface area contributed by atoms with Gasteiger partial charge >= 0.3 is 0 Å². The van der Waals surface area contributed by atoms with Gasteiger partial charge in [-0.25, -0.2) is 8.78 Å². The third-order valence-electron chi connectivity index (χ3n) is 6.05. The molecule has 37 heavy (non-hydrogen) atoms. The molecule has 0 saturated heterocycles. The van der Waals surface area contributed by atoms with Crippen molar-refractivity contribution in [1.82, 2.24) is 10.6 Å². The lowest BCUT2D eigenvalue weighted by Gasteiger charge is -2.25. The van der Waals surface area contributed by atoms with Crippen LogP contribution in [0.2, 0.25) is 0 Å². The van der Waals surface area contributed by atoms with E-state index in [0.29, 0.717) is 42.4 Å². The Morgan fingerprint density at radius 3 is 2.38 bits per heavy atom. The van der Waals surface area contributed by atoms with Crippen LogP contribution in [0.25, 0.3) is 0 Å². The van der Waals surface area contributed by atoms with E-state index in [9.17, 15) is 18.7 Å². The Balaban J connectivity index is 0.00000380. The van der Waals surface area contributed by atoms with E-state index in [-0.39, 0.29) is 25.4 Å². The third kappa shape index (κ3) is 7.89. The van der Waals surface area contributed by atoms with Crippen LogP contribution in [0.15, 0.2) is 60.7 Å². The van der Waals surface area contributed by atoms with Gasteiger partial charge in [0.2, 0.25) is 0 Å². The predicted octanol–water partition coefficient (Wildman–Crippen LogP) is 4.21. The van der Waals surface area contributed by atoms with E-state index < -0.39 is 29.7 Å². The average molecular weight is 533 g/mol. The Bertz CT molecular complexity index is 1190. The van der Waals surface area contributed by atoms with Crippen molar-refractivity contribution in [2.75, 3.05) is 19.8 Å². The number of carbonyl (C=O) groups excluding carboxylic acids is 1. The highest BCUT2D eigenvalue weighted by Crippen LogP contribution is 2.30. The number of ether oxygens (including phenoxy) is 2. The van der Waals surface area contributed by atoms with Crippen LogP contribution in [0.4, 0.5) is 8.78 Å². The largest absolute Gasteiger partial charge is 0.486 e. The van der Waals surface area contributed by atoms with Crippen molar-refractivity contribution in [2.24, 2.45) is 0 Å². The number of amides is 1. The Kier molecular flexibility index (Phi) is 10.3. The summed E-state index contributed by atoms with van der Waals surface area (Å²) in [5.41, 5.74) is 2.94. The maximum absolute atomic E-state index is 13.8. The summed E-state index contributed by atoms with van der Waals surface area (Å²) in [6.07, 6.45) is -0.0554. The fourth-order valence-corrected chi connectivity index (χ4v) is 4.17. The number of halogens is 3. The van der Waals surface area contributed by atoms with E-state index in [1.54, 1.807) is 18.2 Å². The Hall–Kier alpha value is -3.20. The summed E-state index contributed by atoms with van der Waals surface area (Å²) >= 11 is 0. The van der Waals surface area contributed by atoms with Gasteiger partial charge in [-0.15, -0.1) is 12.4 Å². The average Bonchev–Trinajstić information content (AvgIpc) is 2.87. The first-order valence-electron chi connectivity index (χ1n) is 12.0. The van der Waals surface area contributed by atoms with Crippen LogP contribution in [0.1, 0.15) is 34.0 Å². The van der Waals surface area contributed by atoms with Crippen LogP contribution >= 0.6 is 12.4 Å². The van der Waals surface area contributed by atoms with Crippen molar-refractivity contribution < 1.29 is 28.2 Å². The third-order valence-corrected chi connectivity index (χ3v) is 6.05. The van der Waals surface area contributed by atoms with Crippen LogP contribution < -0.4 is 20.1 Å². The molecule has 0 bridgehead atoms. The molecule has 0 fully saturated rings. The molecule has 198 valence electrons. The van der Waals surface area contributed by atoms with Crippen molar-refractivity contribution in [3.63, 3.8) is 0 Å². The Labute approximate surface area is 221 Å². The smallest absolute Gasteiger partial charge is 0.251 e. The normalized spacial score (nSPS) is 13.8. The lowest BCUT2D eigenvalue weighted by atomic mass is 10.00. The van der Waals surface area contributed by atoms with Gasteiger partial charge in [0.15, 0.2) is 11.5 Å². The molecule has 4 rings (SSSR count). The molecule has 6 nitrogen and oxygen atoms in total. The SMILES string of the molecule is CCc1cccc(CNC[C@@H](O)[C@H](Cc2cc(F)cc(F)c2)NC(=O)c2ccc3c(c2)OCCO3)c1.Cl. The van der Waals surface area contributed by atoms with E-state index in [1.165, 1.54) is 17.7 Å². The first kappa shape index (κ1) is 28.4. The topological polar surface area (TPSA) is 79.8 Å². The van der Waals surface area contributed by atoms with Gasteiger partial charge in [-0.05, 0) is 59.9 Å². The molecule has 3 aromatic carbocycles. The van der Waals surface area contributed by atoms with Gasteiger partial charge in [0.05, 0.1) is 12.1 Å². The molecule has 1 amide bonds. The number of aryl methyl sites for hydroxylation is 1. The standard InChI is InChI=1S/C28H30F2N2O4.ClH/c1-2-18-4-3-5-19(10-18)16-31-17-25(33)24(13-20-11-22(29)15-23(30)12-20)32-28(34)21-6-7-26-27(14-21)36-9-8-35-26;/h3-7,10-12,14-15,24-25,31,33H,2,8-9,13,16-17H2,1H3,(H,32,34);1H/t24-,25+;/m0./s1. The molecular weight excluding hydrogens is 502 g/mol. The van der Waals surface area contributed by atoms with Gasteiger partial charge in [-0.2, -0.15) is 0 Å². The summed E-state index contributed by atoms with van der Waals surface area (Å²) in [5, 5.41) is 17.0. The maximum atomic E-state index is 13.8. The molecule has 1 heterocycles. The van der Waals surface area contributed by atoms with Gasteiger partial charge in [0.25, 0.3) is 5.91 Å². The van der Waals surface area contributed by atoms with E-state index in [1.807, 2.05) is 12.1 Å². The summed E-state index contributed by atoms with van der Waals surface area (Å²) < 4.78 is 38.6. The Morgan fingerprint density at radius 2 is 1.65 bits per heavy atom. The molecule has 1 aliphatic heterocycles. The van der Waals surface area contributed by atoms with Crippen LogP contribution in [0.3, 0.4) is 0 Å². The Morgan fingerprint density at radius 1 is 0.946 bits per heavy atom. The van der Waals surface area contributed by atoms with Gasteiger partial charge < -0.3 is 25.2 Å². The molecule has 0 aromatic heterocycles. The first-order chi connectivity index (χ1) is 17.4. The molecule has 2 atom stereocenters. The van der Waals surface area contributed by atoms with Crippen molar-refractivity contribution in [3.8, 4) is 11.5 Å². The lowest BCUT2D eigenvalue weighted by Crippen LogP contribution is -2.48. The number of hydrogen-bond donors (Lipinski definition) is 3. The molecular formula is C28H31ClF2N2O4. The lowest BCUT2D eigenvalue weighted by molar-refractivity contribution is 0.0829. The minimum absolute atomic E-state index is 0. The number of aliphatic hydroxyl groups excluding tert-OH is 1. The molecule has 3 aromatic rings. The summed E-state index contributed by atoms with van der Waals surface area (Å²) in [7, 11) is 0. The second-order valence-electron chi connectivity index (χ2n) is 8.79. The van der Waals surface area contributed by atoms with Crippen molar-refractivity contribution in [1.29, 1.82) is 0 Å². The minimum Gasteiger partial charge on any atom is -0.486 e. The molecule has 0 aliphatic carbocycles. The van der Waals surface area contributed by atoms with E-state index in [2.05, 4.69) is 29.7 Å². The summed E-state index contributed by atoms with van der Waals surface area (Å²) in [4.78, 5) is 13.0. The summed E-state index contributed by atoms with van der Waals surface area (Å²) in [5.74, 6) is -0.852. The molecule has 0 radical (unpaired) electrons. The fraction of sp³-hybridized carbons (Fsp3) is 0.321. The van der Waals surface area contributed by atoms with E-state index >= 15 is 0 Å². The van der Waals surface area contributed by atoms with Crippen LogP contribution in [0, 0.1) is 11.6 Å². The number of rotatable bonds is 10. The van der Waals surface area contributed by atoms with Gasteiger partial charge in [0.1, 0.15) is 24.8 Å². The number of fused-ring (bicyclic) bond motifs is 1. The van der Waals surface area contributed by atoms with Gasteiger partial charge in [-0.1, -0.05) is 31.2 Å². The molecule has 0 saturated carbocycles. The highest BCUT2D eigenvalue weighted by molar-refractivity contribution is 5.95.